The minimum Gasteiger partial charge on any atom is -0.401 e. The molecule has 2 nitrogen and oxygen atoms in total. The predicted octanol–water partition coefficient (Wildman–Crippen LogP) is 2.35. The highest BCUT2D eigenvalue weighted by molar-refractivity contribution is 5.35. The molecular formula is C12H16N2. The van der Waals surface area contributed by atoms with E-state index in [1.165, 1.54) is 16.7 Å². The quantitative estimate of drug-likeness (QED) is 0.726. The van der Waals surface area contributed by atoms with E-state index in [0.717, 1.165) is 12.1 Å². The molecule has 1 rings (SSSR count). The number of aryl methyl sites for hydroxylation is 1. The summed E-state index contributed by atoms with van der Waals surface area (Å²) in [6.45, 7) is 7.59. The molecule has 0 saturated carbocycles. The molecule has 0 spiro atoms. The molecule has 1 aromatic rings. The first-order valence-corrected chi connectivity index (χ1v) is 4.60. The molecule has 0 heterocycles. The van der Waals surface area contributed by atoms with Gasteiger partial charge < -0.3 is 5.73 Å². The molecular weight excluding hydrogens is 172 g/mol. The average molecular weight is 188 g/mol. The smallest absolute Gasteiger partial charge is 0.0451 e. The molecule has 0 aliphatic rings. The summed E-state index contributed by atoms with van der Waals surface area (Å²) in [6.07, 6.45) is 2.34. The van der Waals surface area contributed by atoms with Crippen molar-refractivity contribution >= 4 is 6.72 Å². The second-order valence-corrected chi connectivity index (χ2v) is 3.42. The fraction of sp³-hybridized carbons (Fsp3) is 0.250. The highest BCUT2D eigenvalue weighted by Gasteiger charge is 2.01. The number of nitrogens with zero attached hydrogens (tertiary/aromatic N) is 1. The van der Waals surface area contributed by atoms with Crippen LogP contribution in [0.2, 0.25) is 0 Å². The van der Waals surface area contributed by atoms with Crippen LogP contribution in [0.5, 0.6) is 0 Å². The summed E-state index contributed by atoms with van der Waals surface area (Å²) >= 11 is 0. The molecule has 2 N–H and O–H groups in total. The third kappa shape index (κ3) is 2.46. The lowest BCUT2D eigenvalue weighted by molar-refractivity contribution is 1.07. The lowest BCUT2D eigenvalue weighted by Gasteiger charge is -2.07. The summed E-state index contributed by atoms with van der Waals surface area (Å²) in [5.74, 6) is 0. The van der Waals surface area contributed by atoms with Crippen LogP contribution in [-0.2, 0) is 6.42 Å². The minimum atomic E-state index is 0.743. The first-order chi connectivity index (χ1) is 6.65. The first-order valence-electron chi connectivity index (χ1n) is 4.60. The van der Waals surface area contributed by atoms with E-state index in [-0.39, 0.29) is 0 Å². The molecule has 2 heteroatoms. The maximum atomic E-state index is 5.76. The van der Waals surface area contributed by atoms with Gasteiger partial charge in [-0.15, -0.1) is 0 Å². The van der Waals surface area contributed by atoms with E-state index >= 15 is 0 Å². The summed E-state index contributed by atoms with van der Waals surface area (Å²) in [4.78, 5) is 3.65. The number of hydrogen-bond acceptors (Lipinski definition) is 2. The zero-order chi connectivity index (χ0) is 10.6. The number of aliphatic imine (C=N–C) groups is 1. The predicted molar refractivity (Wildman–Crippen MR) is 61.4 cm³/mol. The Morgan fingerprint density at radius 3 is 2.86 bits per heavy atom. The van der Waals surface area contributed by atoms with Crippen LogP contribution >= 0.6 is 0 Å². The monoisotopic (exact) mass is 188 g/mol. The van der Waals surface area contributed by atoms with Crippen molar-refractivity contribution < 1.29 is 0 Å². The zero-order valence-corrected chi connectivity index (χ0v) is 8.75. The Balaban J connectivity index is 2.92. The normalized spacial score (nSPS) is 11.4. The van der Waals surface area contributed by atoms with Crippen molar-refractivity contribution in [1.82, 2.24) is 0 Å². The molecule has 0 saturated heterocycles. The van der Waals surface area contributed by atoms with Crippen LogP contribution in [0, 0.1) is 13.8 Å². The van der Waals surface area contributed by atoms with Gasteiger partial charge in [-0.25, -0.2) is 0 Å². The third-order valence-electron chi connectivity index (χ3n) is 2.37. The Kier molecular flexibility index (Phi) is 3.46. The highest BCUT2D eigenvalue weighted by atomic mass is 14.7. The molecule has 0 aliphatic heterocycles. The maximum Gasteiger partial charge on any atom is 0.0451 e. The van der Waals surface area contributed by atoms with E-state index in [1.807, 2.05) is 6.07 Å². The van der Waals surface area contributed by atoms with E-state index in [4.69, 9.17) is 5.73 Å². The van der Waals surface area contributed by atoms with Crippen molar-refractivity contribution in [1.29, 1.82) is 0 Å². The van der Waals surface area contributed by atoms with Gasteiger partial charge in [0.05, 0.1) is 0 Å². The third-order valence-corrected chi connectivity index (χ3v) is 2.37. The minimum absolute atomic E-state index is 0.743. The molecule has 0 fully saturated rings. The van der Waals surface area contributed by atoms with E-state index < -0.39 is 0 Å². The largest absolute Gasteiger partial charge is 0.401 e. The Bertz CT molecular complexity index is 365. The van der Waals surface area contributed by atoms with E-state index in [9.17, 15) is 0 Å². The topological polar surface area (TPSA) is 38.4 Å². The van der Waals surface area contributed by atoms with Gasteiger partial charge in [0.15, 0.2) is 0 Å². The second kappa shape index (κ2) is 4.61. The van der Waals surface area contributed by atoms with Gasteiger partial charge in [-0.3, -0.25) is 4.99 Å². The molecule has 74 valence electrons. The Labute approximate surface area is 85.2 Å². The van der Waals surface area contributed by atoms with E-state index in [1.54, 1.807) is 6.20 Å². The highest BCUT2D eigenvalue weighted by Crippen LogP contribution is 2.14. The zero-order valence-electron chi connectivity index (χ0n) is 8.75. The standard InChI is InChI=1S/C12H16N2/c1-9-5-4-6-11(10(9)2)7-12(13)8-14-3/h4-6,8H,3,7,13H2,1-2H3/b12-8-. The lowest BCUT2D eigenvalue weighted by atomic mass is 10.0. The van der Waals surface area contributed by atoms with Gasteiger partial charge in [-0.05, 0) is 37.3 Å². The van der Waals surface area contributed by atoms with Crippen molar-refractivity contribution in [3.63, 3.8) is 0 Å². The van der Waals surface area contributed by atoms with Crippen molar-refractivity contribution in [2.75, 3.05) is 0 Å². The second-order valence-electron chi connectivity index (χ2n) is 3.42. The number of allylic oxidation sites excluding steroid dienone is 1. The van der Waals surface area contributed by atoms with E-state index in [0.29, 0.717) is 0 Å². The van der Waals surface area contributed by atoms with Crippen molar-refractivity contribution in [3.05, 3.63) is 46.8 Å². The fourth-order valence-corrected chi connectivity index (χ4v) is 1.39. The Morgan fingerprint density at radius 1 is 1.50 bits per heavy atom. The van der Waals surface area contributed by atoms with Gasteiger partial charge in [0.25, 0.3) is 0 Å². The summed E-state index contributed by atoms with van der Waals surface area (Å²) in [5, 5.41) is 0. The van der Waals surface area contributed by atoms with Crippen molar-refractivity contribution in [3.8, 4) is 0 Å². The first kappa shape index (κ1) is 10.5. The van der Waals surface area contributed by atoms with Crippen LogP contribution in [0.15, 0.2) is 35.1 Å². The van der Waals surface area contributed by atoms with Crippen molar-refractivity contribution in [2.24, 2.45) is 10.7 Å². The number of benzene rings is 1. The van der Waals surface area contributed by atoms with Crippen LogP contribution in [0.25, 0.3) is 0 Å². The van der Waals surface area contributed by atoms with Crippen LogP contribution in [0.1, 0.15) is 16.7 Å². The van der Waals surface area contributed by atoms with Crippen LogP contribution in [0.3, 0.4) is 0 Å². The summed E-state index contributed by atoms with van der Waals surface area (Å²) in [7, 11) is 0. The van der Waals surface area contributed by atoms with Crippen LogP contribution in [-0.4, -0.2) is 6.72 Å². The summed E-state index contributed by atoms with van der Waals surface area (Å²) < 4.78 is 0. The van der Waals surface area contributed by atoms with Gasteiger partial charge >= 0.3 is 0 Å². The number of nitrogens with two attached hydrogens (primary N) is 1. The Morgan fingerprint density at radius 2 is 2.21 bits per heavy atom. The Hall–Kier alpha value is -1.57. The molecule has 0 amide bonds. The summed E-state index contributed by atoms with van der Waals surface area (Å²) in [5.41, 5.74) is 10.4. The number of hydrogen-bond donors (Lipinski definition) is 1. The molecule has 0 unspecified atom stereocenters. The van der Waals surface area contributed by atoms with E-state index in [2.05, 4.69) is 37.7 Å². The van der Waals surface area contributed by atoms with Gasteiger partial charge in [0.1, 0.15) is 0 Å². The maximum absolute atomic E-state index is 5.76. The van der Waals surface area contributed by atoms with Gasteiger partial charge in [0, 0.05) is 18.3 Å². The molecule has 1 aromatic carbocycles. The lowest BCUT2D eigenvalue weighted by Crippen LogP contribution is -2.02. The molecule has 0 radical (unpaired) electrons. The average Bonchev–Trinajstić information content (AvgIpc) is 2.13. The van der Waals surface area contributed by atoms with Gasteiger partial charge in [-0.1, -0.05) is 18.2 Å². The molecule has 0 aromatic heterocycles. The molecule has 0 atom stereocenters. The molecule has 0 aliphatic carbocycles. The SMILES string of the molecule is C=N/C=C(\N)Cc1cccc(C)c1C. The molecule has 14 heavy (non-hydrogen) atoms. The molecule has 0 bridgehead atoms. The van der Waals surface area contributed by atoms with Crippen LogP contribution < -0.4 is 5.73 Å². The summed E-state index contributed by atoms with van der Waals surface area (Å²) in [6, 6.07) is 6.24. The fourth-order valence-electron chi connectivity index (χ4n) is 1.39. The van der Waals surface area contributed by atoms with Gasteiger partial charge in [0.2, 0.25) is 0 Å². The number of rotatable bonds is 3. The van der Waals surface area contributed by atoms with Crippen LogP contribution in [0.4, 0.5) is 0 Å². The van der Waals surface area contributed by atoms with Crippen molar-refractivity contribution in [2.45, 2.75) is 20.3 Å². The van der Waals surface area contributed by atoms with Gasteiger partial charge in [-0.2, -0.15) is 0 Å².